The number of hydrogen-bond acceptors (Lipinski definition) is 2. The van der Waals surface area contributed by atoms with E-state index in [0.717, 1.165) is 18.3 Å². The lowest BCUT2D eigenvalue weighted by molar-refractivity contribution is -0.0928. The van der Waals surface area contributed by atoms with Crippen LogP contribution >= 0.6 is 0 Å². The Morgan fingerprint density at radius 3 is 2.57 bits per heavy atom. The fourth-order valence-corrected chi connectivity index (χ4v) is 5.25. The van der Waals surface area contributed by atoms with E-state index in [1.54, 1.807) is 0 Å². The van der Waals surface area contributed by atoms with Crippen LogP contribution in [-0.4, -0.2) is 23.9 Å². The summed E-state index contributed by atoms with van der Waals surface area (Å²) < 4.78 is 12.6. The second-order valence-corrected chi connectivity index (χ2v) is 9.78. The van der Waals surface area contributed by atoms with Gasteiger partial charge in [-0.05, 0) is 75.0 Å². The largest absolute Gasteiger partial charge is 0.372 e. The molecule has 0 spiro atoms. The SMILES string of the molecule is CC(OC1CC(C)(C)CC2OC12C)C1CCC2(C)CC2C1. The van der Waals surface area contributed by atoms with Crippen LogP contribution in [0.5, 0.6) is 0 Å². The van der Waals surface area contributed by atoms with E-state index in [4.69, 9.17) is 9.47 Å². The summed E-state index contributed by atoms with van der Waals surface area (Å²) in [6.45, 7) is 11.8. The minimum Gasteiger partial charge on any atom is -0.372 e. The van der Waals surface area contributed by atoms with Crippen LogP contribution in [-0.2, 0) is 9.47 Å². The first-order valence-corrected chi connectivity index (χ1v) is 9.05. The van der Waals surface area contributed by atoms with Crippen LogP contribution in [0.15, 0.2) is 0 Å². The second-order valence-electron chi connectivity index (χ2n) is 9.78. The van der Waals surface area contributed by atoms with Crippen LogP contribution in [0.1, 0.15) is 73.1 Å². The van der Waals surface area contributed by atoms with E-state index in [2.05, 4.69) is 34.6 Å². The lowest BCUT2D eigenvalue weighted by Crippen LogP contribution is -2.44. The van der Waals surface area contributed by atoms with E-state index in [1.165, 1.54) is 32.1 Å². The van der Waals surface area contributed by atoms with Gasteiger partial charge in [-0.3, -0.25) is 0 Å². The van der Waals surface area contributed by atoms with Crippen molar-refractivity contribution >= 4 is 0 Å². The molecule has 2 nitrogen and oxygen atoms in total. The maximum atomic E-state index is 6.60. The topological polar surface area (TPSA) is 21.8 Å². The highest BCUT2D eigenvalue weighted by Crippen LogP contribution is 2.63. The summed E-state index contributed by atoms with van der Waals surface area (Å²) in [7, 11) is 0. The summed E-state index contributed by atoms with van der Waals surface area (Å²) in [4.78, 5) is 0. The fourth-order valence-electron chi connectivity index (χ4n) is 5.25. The highest BCUT2D eigenvalue weighted by molar-refractivity contribution is 5.12. The lowest BCUT2D eigenvalue weighted by Gasteiger charge is -2.39. The predicted molar refractivity (Wildman–Crippen MR) is 84.2 cm³/mol. The fraction of sp³-hybridized carbons (Fsp3) is 1.00. The van der Waals surface area contributed by atoms with Crippen molar-refractivity contribution in [2.75, 3.05) is 0 Å². The van der Waals surface area contributed by atoms with Gasteiger partial charge in [-0.2, -0.15) is 0 Å². The molecule has 1 heterocycles. The molecular formula is C19H32O2. The van der Waals surface area contributed by atoms with Crippen molar-refractivity contribution in [3.8, 4) is 0 Å². The molecule has 0 aromatic rings. The Morgan fingerprint density at radius 2 is 1.86 bits per heavy atom. The Hall–Kier alpha value is -0.0800. The molecule has 1 aliphatic heterocycles. The van der Waals surface area contributed by atoms with Crippen molar-refractivity contribution < 1.29 is 9.47 Å². The molecule has 1 saturated heterocycles. The Bertz CT molecular complexity index is 445. The molecule has 7 atom stereocenters. The first-order valence-electron chi connectivity index (χ1n) is 9.05. The third-order valence-electron chi connectivity index (χ3n) is 7.35. The van der Waals surface area contributed by atoms with Crippen molar-refractivity contribution in [2.45, 2.75) is 97.1 Å². The Balaban J connectivity index is 1.39. The first kappa shape index (κ1) is 14.5. The standard InChI is InChI=1S/C19H32O2/c1-12(13-6-7-18(4)9-14(18)8-13)20-15-10-17(2,3)11-16-19(15,5)21-16/h12-16H,6-11H2,1-5H3. The second kappa shape index (κ2) is 4.26. The van der Waals surface area contributed by atoms with Crippen molar-refractivity contribution in [3.63, 3.8) is 0 Å². The average molecular weight is 292 g/mol. The average Bonchev–Trinajstić information content (AvgIpc) is 3.22. The smallest absolute Gasteiger partial charge is 0.118 e. The molecule has 0 radical (unpaired) electrons. The molecule has 4 aliphatic rings. The van der Waals surface area contributed by atoms with Gasteiger partial charge in [0, 0.05) is 0 Å². The van der Waals surface area contributed by atoms with Gasteiger partial charge in [-0.25, -0.2) is 0 Å². The summed E-state index contributed by atoms with van der Waals surface area (Å²) in [5.74, 6) is 1.77. The monoisotopic (exact) mass is 292 g/mol. The molecule has 21 heavy (non-hydrogen) atoms. The highest BCUT2D eigenvalue weighted by Gasteiger charge is 2.64. The minimum absolute atomic E-state index is 0.0204. The highest BCUT2D eigenvalue weighted by atomic mass is 16.6. The predicted octanol–water partition coefficient (Wildman–Crippen LogP) is 4.56. The van der Waals surface area contributed by atoms with Crippen molar-refractivity contribution in [3.05, 3.63) is 0 Å². The quantitative estimate of drug-likeness (QED) is 0.711. The molecule has 4 fully saturated rings. The number of epoxide rings is 1. The molecule has 4 rings (SSSR count). The molecular weight excluding hydrogens is 260 g/mol. The molecule has 2 heteroatoms. The van der Waals surface area contributed by atoms with Gasteiger partial charge in [0.25, 0.3) is 0 Å². The zero-order valence-electron chi connectivity index (χ0n) is 14.4. The third kappa shape index (κ3) is 2.37. The number of ether oxygens (including phenoxy) is 2. The molecule has 0 aromatic heterocycles. The molecule has 3 saturated carbocycles. The van der Waals surface area contributed by atoms with E-state index in [1.807, 2.05) is 0 Å². The maximum absolute atomic E-state index is 6.60. The molecule has 3 aliphatic carbocycles. The minimum atomic E-state index is 0.0204. The van der Waals surface area contributed by atoms with Gasteiger partial charge in [-0.15, -0.1) is 0 Å². The number of hydrogen-bond donors (Lipinski definition) is 0. The van der Waals surface area contributed by atoms with Gasteiger partial charge >= 0.3 is 0 Å². The summed E-state index contributed by atoms with van der Waals surface area (Å²) in [6, 6.07) is 0. The number of rotatable bonds is 3. The zero-order valence-corrected chi connectivity index (χ0v) is 14.4. The lowest BCUT2D eigenvalue weighted by atomic mass is 9.72. The normalized spacial score (nSPS) is 55.3. The van der Waals surface area contributed by atoms with Crippen molar-refractivity contribution in [1.82, 2.24) is 0 Å². The van der Waals surface area contributed by atoms with E-state index in [-0.39, 0.29) is 5.60 Å². The van der Waals surface area contributed by atoms with Crippen molar-refractivity contribution in [1.29, 1.82) is 0 Å². The summed E-state index contributed by atoms with van der Waals surface area (Å²) in [6.07, 6.45) is 9.14. The van der Waals surface area contributed by atoms with Gasteiger partial charge in [0.2, 0.25) is 0 Å². The van der Waals surface area contributed by atoms with Gasteiger partial charge in [0.1, 0.15) is 5.60 Å². The van der Waals surface area contributed by atoms with E-state index >= 15 is 0 Å². The summed E-state index contributed by atoms with van der Waals surface area (Å²) in [5, 5.41) is 0. The first-order chi connectivity index (χ1) is 9.72. The summed E-state index contributed by atoms with van der Waals surface area (Å²) >= 11 is 0. The van der Waals surface area contributed by atoms with Gasteiger partial charge in [0.05, 0.1) is 18.3 Å². The Labute approximate surface area is 130 Å². The Kier molecular flexibility index (Phi) is 2.94. The summed E-state index contributed by atoms with van der Waals surface area (Å²) in [5.41, 5.74) is 1.10. The molecule has 0 N–H and O–H groups in total. The molecule has 7 unspecified atom stereocenters. The van der Waals surface area contributed by atoms with E-state index in [0.29, 0.717) is 29.1 Å². The van der Waals surface area contributed by atoms with Gasteiger partial charge in [-0.1, -0.05) is 20.8 Å². The van der Waals surface area contributed by atoms with Crippen LogP contribution in [0.3, 0.4) is 0 Å². The van der Waals surface area contributed by atoms with Crippen LogP contribution in [0.25, 0.3) is 0 Å². The molecule has 0 amide bonds. The number of fused-ring (bicyclic) bond motifs is 2. The maximum Gasteiger partial charge on any atom is 0.118 e. The van der Waals surface area contributed by atoms with Crippen LogP contribution in [0.2, 0.25) is 0 Å². The van der Waals surface area contributed by atoms with E-state index < -0.39 is 0 Å². The van der Waals surface area contributed by atoms with Crippen molar-refractivity contribution in [2.24, 2.45) is 22.7 Å². The van der Waals surface area contributed by atoms with Gasteiger partial charge < -0.3 is 9.47 Å². The van der Waals surface area contributed by atoms with Crippen LogP contribution in [0.4, 0.5) is 0 Å². The van der Waals surface area contributed by atoms with Crippen LogP contribution in [0, 0.1) is 22.7 Å². The molecule has 120 valence electrons. The molecule has 0 aromatic carbocycles. The van der Waals surface area contributed by atoms with Gasteiger partial charge in [0.15, 0.2) is 0 Å². The van der Waals surface area contributed by atoms with Crippen LogP contribution < -0.4 is 0 Å². The third-order valence-corrected chi connectivity index (χ3v) is 7.35. The molecule has 0 bridgehead atoms. The Morgan fingerprint density at radius 1 is 1.10 bits per heavy atom. The van der Waals surface area contributed by atoms with E-state index in [9.17, 15) is 0 Å². The zero-order chi connectivity index (χ0) is 15.0.